The summed E-state index contributed by atoms with van der Waals surface area (Å²) in [4.78, 5) is 0. The fourth-order valence-corrected chi connectivity index (χ4v) is 1.79. The first-order valence-corrected chi connectivity index (χ1v) is 5.79. The van der Waals surface area contributed by atoms with Gasteiger partial charge < -0.3 is 5.11 Å². The van der Waals surface area contributed by atoms with Crippen LogP contribution < -0.4 is 0 Å². The largest absolute Gasteiger partial charge is 0.390 e. The van der Waals surface area contributed by atoms with Gasteiger partial charge in [0.05, 0.1) is 5.60 Å². The summed E-state index contributed by atoms with van der Waals surface area (Å²) in [5.41, 5.74) is 3.34. The predicted octanol–water partition coefficient (Wildman–Crippen LogP) is 3.40. The highest BCUT2D eigenvalue weighted by molar-refractivity contribution is 5.30. The van der Waals surface area contributed by atoms with Crippen LogP contribution in [0.1, 0.15) is 43.4 Å². The predicted molar refractivity (Wildman–Crippen MR) is 65.2 cm³/mol. The van der Waals surface area contributed by atoms with Crippen molar-refractivity contribution < 1.29 is 5.11 Å². The molecule has 0 aliphatic rings. The third-order valence-corrected chi connectivity index (χ3v) is 3.42. The SMILES string of the molecule is CCC(O)(CC)Cc1ccc(C)c(C)c1. The Bertz CT molecular complexity index is 324. The van der Waals surface area contributed by atoms with Crippen LogP contribution in [-0.2, 0) is 6.42 Å². The average Bonchev–Trinajstić information content (AvgIpc) is 2.23. The number of rotatable bonds is 4. The Morgan fingerprint density at radius 3 is 2.13 bits per heavy atom. The highest BCUT2D eigenvalue weighted by Gasteiger charge is 2.22. The number of hydrogen-bond acceptors (Lipinski definition) is 1. The van der Waals surface area contributed by atoms with E-state index >= 15 is 0 Å². The molecule has 1 aromatic carbocycles. The molecule has 0 atom stereocenters. The molecule has 1 nitrogen and oxygen atoms in total. The molecule has 0 unspecified atom stereocenters. The van der Waals surface area contributed by atoms with Crippen LogP contribution in [-0.4, -0.2) is 10.7 Å². The van der Waals surface area contributed by atoms with E-state index in [2.05, 4.69) is 32.0 Å². The molecule has 0 amide bonds. The molecule has 1 rings (SSSR count). The van der Waals surface area contributed by atoms with E-state index in [1.807, 2.05) is 13.8 Å². The molecule has 1 aromatic rings. The lowest BCUT2D eigenvalue weighted by Crippen LogP contribution is -2.29. The molecule has 0 radical (unpaired) electrons. The Morgan fingerprint density at radius 1 is 1.07 bits per heavy atom. The molecule has 0 heterocycles. The molecule has 0 fully saturated rings. The second kappa shape index (κ2) is 4.80. The molecule has 0 spiro atoms. The van der Waals surface area contributed by atoms with Crippen LogP contribution in [0.25, 0.3) is 0 Å². The van der Waals surface area contributed by atoms with Gasteiger partial charge in [-0.3, -0.25) is 0 Å². The summed E-state index contributed by atoms with van der Waals surface area (Å²) in [7, 11) is 0. The van der Waals surface area contributed by atoms with Crippen molar-refractivity contribution in [1.82, 2.24) is 0 Å². The van der Waals surface area contributed by atoms with E-state index in [4.69, 9.17) is 0 Å². The zero-order chi connectivity index (χ0) is 11.5. The summed E-state index contributed by atoms with van der Waals surface area (Å²) in [6.45, 7) is 8.33. The minimum Gasteiger partial charge on any atom is -0.390 e. The number of aryl methyl sites for hydroxylation is 2. The summed E-state index contributed by atoms with van der Waals surface area (Å²) < 4.78 is 0. The molecule has 0 saturated carbocycles. The molecule has 0 saturated heterocycles. The van der Waals surface area contributed by atoms with Gasteiger partial charge in [0.2, 0.25) is 0 Å². The molecular formula is C14H22O. The third-order valence-electron chi connectivity index (χ3n) is 3.42. The minimum atomic E-state index is -0.526. The topological polar surface area (TPSA) is 20.2 Å². The molecule has 0 aromatic heterocycles. The lowest BCUT2D eigenvalue weighted by atomic mass is 9.88. The highest BCUT2D eigenvalue weighted by atomic mass is 16.3. The van der Waals surface area contributed by atoms with E-state index in [0.717, 1.165) is 19.3 Å². The van der Waals surface area contributed by atoms with Crippen molar-refractivity contribution in [3.05, 3.63) is 34.9 Å². The zero-order valence-corrected chi connectivity index (χ0v) is 10.3. The quantitative estimate of drug-likeness (QED) is 0.800. The molecule has 1 N–H and O–H groups in total. The maximum absolute atomic E-state index is 10.2. The van der Waals surface area contributed by atoms with Gasteiger partial charge in [-0.25, -0.2) is 0 Å². The number of benzene rings is 1. The Morgan fingerprint density at radius 2 is 1.67 bits per heavy atom. The van der Waals surface area contributed by atoms with Crippen LogP contribution in [0.2, 0.25) is 0 Å². The van der Waals surface area contributed by atoms with E-state index in [1.54, 1.807) is 0 Å². The highest BCUT2D eigenvalue weighted by Crippen LogP contribution is 2.22. The molecule has 15 heavy (non-hydrogen) atoms. The summed E-state index contributed by atoms with van der Waals surface area (Å²) in [5, 5.41) is 10.2. The standard InChI is InChI=1S/C14H22O/c1-5-14(15,6-2)10-13-8-7-11(3)12(4)9-13/h7-9,15H,5-6,10H2,1-4H3. The third kappa shape index (κ3) is 3.07. The molecule has 84 valence electrons. The van der Waals surface area contributed by atoms with Crippen LogP contribution in [0, 0.1) is 13.8 Å². The first-order valence-electron chi connectivity index (χ1n) is 5.79. The van der Waals surface area contributed by atoms with Gasteiger partial charge >= 0.3 is 0 Å². The smallest absolute Gasteiger partial charge is 0.0682 e. The van der Waals surface area contributed by atoms with Crippen LogP contribution >= 0.6 is 0 Å². The van der Waals surface area contributed by atoms with Crippen LogP contribution in [0.15, 0.2) is 18.2 Å². The number of aliphatic hydroxyl groups is 1. The van der Waals surface area contributed by atoms with Crippen molar-refractivity contribution in [3.8, 4) is 0 Å². The molecular weight excluding hydrogens is 184 g/mol. The maximum Gasteiger partial charge on any atom is 0.0682 e. The van der Waals surface area contributed by atoms with E-state index < -0.39 is 5.60 Å². The normalized spacial score (nSPS) is 11.8. The van der Waals surface area contributed by atoms with Crippen molar-refractivity contribution in [2.75, 3.05) is 0 Å². The van der Waals surface area contributed by atoms with Crippen molar-refractivity contribution >= 4 is 0 Å². The van der Waals surface area contributed by atoms with Gasteiger partial charge in [0.25, 0.3) is 0 Å². The Hall–Kier alpha value is -0.820. The fourth-order valence-electron chi connectivity index (χ4n) is 1.79. The average molecular weight is 206 g/mol. The van der Waals surface area contributed by atoms with E-state index in [9.17, 15) is 5.11 Å². The van der Waals surface area contributed by atoms with Crippen LogP contribution in [0.4, 0.5) is 0 Å². The Kier molecular flexibility index (Phi) is 3.92. The van der Waals surface area contributed by atoms with E-state index in [1.165, 1.54) is 16.7 Å². The maximum atomic E-state index is 10.2. The Balaban J connectivity index is 2.85. The second-order valence-electron chi connectivity index (χ2n) is 4.53. The van der Waals surface area contributed by atoms with Crippen molar-refractivity contribution in [2.24, 2.45) is 0 Å². The molecule has 0 bridgehead atoms. The first kappa shape index (κ1) is 12.3. The number of hydrogen-bond donors (Lipinski definition) is 1. The van der Waals surface area contributed by atoms with Crippen molar-refractivity contribution in [1.29, 1.82) is 0 Å². The van der Waals surface area contributed by atoms with E-state index in [-0.39, 0.29) is 0 Å². The molecule has 0 aliphatic heterocycles. The van der Waals surface area contributed by atoms with Gasteiger partial charge in [-0.2, -0.15) is 0 Å². The summed E-state index contributed by atoms with van der Waals surface area (Å²) in [5.74, 6) is 0. The lowest BCUT2D eigenvalue weighted by molar-refractivity contribution is 0.0326. The minimum absolute atomic E-state index is 0.526. The molecule has 1 heteroatoms. The summed E-state index contributed by atoms with van der Waals surface area (Å²) in [6, 6.07) is 6.45. The monoisotopic (exact) mass is 206 g/mol. The Labute approximate surface area is 93.1 Å². The van der Waals surface area contributed by atoms with E-state index in [0.29, 0.717) is 0 Å². The fraction of sp³-hybridized carbons (Fsp3) is 0.571. The van der Waals surface area contributed by atoms with Gasteiger partial charge in [-0.05, 0) is 43.4 Å². The van der Waals surface area contributed by atoms with Crippen LogP contribution in [0.3, 0.4) is 0 Å². The van der Waals surface area contributed by atoms with Gasteiger partial charge in [0.15, 0.2) is 0 Å². The van der Waals surface area contributed by atoms with Gasteiger partial charge in [0, 0.05) is 6.42 Å². The second-order valence-corrected chi connectivity index (χ2v) is 4.53. The van der Waals surface area contributed by atoms with Crippen LogP contribution in [0.5, 0.6) is 0 Å². The van der Waals surface area contributed by atoms with Crippen molar-refractivity contribution in [3.63, 3.8) is 0 Å². The van der Waals surface area contributed by atoms with Gasteiger partial charge in [0.1, 0.15) is 0 Å². The lowest BCUT2D eigenvalue weighted by Gasteiger charge is -2.25. The van der Waals surface area contributed by atoms with Gasteiger partial charge in [-0.15, -0.1) is 0 Å². The summed E-state index contributed by atoms with van der Waals surface area (Å²) in [6.07, 6.45) is 2.40. The zero-order valence-electron chi connectivity index (χ0n) is 10.3. The summed E-state index contributed by atoms with van der Waals surface area (Å²) >= 11 is 0. The first-order chi connectivity index (χ1) is 7.00. The van der Waals surface area contributed by atoms with Gasteiger partial charge in [-0.1, -0.05) is 32.0 Å². The van der Waals surface area contributed by atoms with Crippen molar-refractivity contribution in [2.45, 2.75) is 52.6 Å². The molecule has 0 aliphatic carbocycles.